The predicted octanol–water partition coefficient (Wildman–Crippen LogP) is 1.35. The fourth-order valence-corrected chi connectivity index (χ4v) is 2.71. The van der Waals surface area contributed by atoms with Crippen LogP contribution in [0.2, 0.25) is 0 Å². The average molecular weight is 302 g/mol. The van der Waals surface area contributed by atoms with Crippen molar-refractivity contribution in [3.8, 4) is 0 Å². The zero-order chi connectivity index (χ0) is 15.0. The topological polar surface area (TPSA) is 87.0 Å². The van der Waals surface area contributed by atoms with Crippen molar-refractivity contribution in [3.05, 3.63) is 21.9 Å². The van der Waals surface area contributed by atoms with Crippen LogP contribution >= 0.6 is 11.3 Å². The minimum absolute atomic E-state index is 0.190. The van der Waals surface area contributed by atoms with Crippen LogP contribution in [0.3, 0.4) is 0 Å². The summed E-state index contributed by atoms with van der Waals surface area (Å²) < 4.78 is 5.10. The molecule has 0 spiro atoms. The molecule has 5 nitrogen and oxygen atoms in total. The first-order valence-electron chi connectivity index (χ1n) is 6.81. The number of carbonyl (C=O) groups excluding carboxylic acids is 1. The molecule has 1 rings (SSSR count). The molecule has 0 aromatic carbocycles. The molecular formula is C14H22O5S. The SMILES string of the molecule is CCCc1ccc(C(=O)OCCCC(O)C(O)CO)s1. The number of hydrogen-bond acceptors (Lipinski definition) is 6. The number of esters is 1. The summed E-state index contributed by atoms with van der Waals surface area (Å²) in [5.41, 5.74) is 0. The minimum Gasteiger partial charge on any atom is -0.462 e. The molecule has 0 saturated carbocycles. The minimum atomic E-state index is -1.14. The van der Waals surface area contributed by atoms with Gasteiger partial charge in [-0.2, -0.15) is 0 Å². The van der Waals surface area contributed by atoms with Crippen LogP contribution in [0.1, 0.15) is 40.7 Å². The van der Waals surface area contributed by atoms with Crippen molar-refractivity contribution < 1.29 is 24.9 Å². The quantitative estimate of drug-likeness (QED) is 0.473. The van der Waals surface area contributed by atoms with E-state index in [9.17, 15) is 9.90 Å². The standard InChI is InChI=1S/C14H22O5S/c1-2-4-10-6-7-13(20-10)14(18)19-8-3-5-11(16)12(17)9-15/h6-7,11-12,15-17H,2-5,8-9H2,1H3. The summed E-state index contributed by atoms with van der Waals surface area (Å²) >= 11 is 1.44. The molecule has 0 aliphatic heterocycles. The first kappa shape index (κ1) is 17.1. The summed E-state index contributed by atoms with van der Waals surface area (Å²) in [5.74, 6) is -0.352. The normalized spacial score (nSPS) is 14.0. The van der Waals surface area contributed by atoms with E-state index in [1.54, 1.807) is 6.07 Å². The first-order chi connectivity index (χ1) is 9.58. The molecule has 0 aliphatic carbocycles. The fraction of sp³-hybridized carbons (Fsp3) is 0.643. The molecule has 1 aromatic rings. The van der Waals surface area contributed by atoms with E-state index >= 15 is 0 Å². The van der Waals surface area contributed by atoms with Gasteiger partial charge in [0.2, 0.25) is 0 Å². The van der Waals surface area contributed by atoms with Gasteiger partial charge in [0, 0.05) is 4.88 Å². The Morgan fingerprint density at radius 1 is 1.35 bits per heavy atom. The molecule has 0 amide bonds. The largest absolute Gasteiger partial charge is 0.462 e. The molecule has 0 radical (unpaired) electrons. The van der Waals surface area contributed by atoms with E-state index < -0.39 is 18.8 Å². The lowest BCUT2D eigenvalue weighted by atomic mass is 10.1. The highest BCUT2D eigenvalue weighted by atomic mass is 32.1. The zero-order valence-electron chi connectivity index (χ0n) is 11.6. The van der Waals surface area contributed by atoms with Crippen molar-refractivity contribution in [1.82, 2.24) is 0 Å². The van der Waals surface area contributed by atoms with Crippen molar-refractivity contribution in [1.29, 1.82) is 0 Å². The number of aliphatic hydroxyl groups is 3. The maximum Gasteiger partial charge on any atom is 0.348 e. The number of aryl methyl sites for hydroxylation is 1. The van der Waals surface area contributed by atoms with Crippen LogP contribution in [0.15, 0.2) is 12.1 Å². The Hall–Kier alpha value is -0.950. The second-order valence-corrected chi connectivity index (χ2v) is 5.78. The molecule has 1 aromatic heterocycles. The summed E-state index contributed by atoms with van der Waals surface area (Å²) in [6.07, 6.45) is 0.595. The van der Waals surface area contributed by atoms with Crippen LogP contribution < -0.4 is 0 Å². The molecule has 0 bridgehead atoms. The Morgan fingerprint density at radius 3 is 2.75 bits per heavy atom. The highest BCUT2D eigenvalue weighted by molar-refractivity contribution is 7.13. The van der Waals surface area contributed by atoms with Gasteiger partial charge in [0.1, 0.15) is 11.0 Å². The van der Waals surface area contributed by atoms with Gasteiger partial charge in [0.15, 0.2) is 0 Å². The molecule has 3 N–H and O–H groups in total. The van der Waals surface area contributed by atoms with E-state index in [-0.39, 0.29) is 19.0 Å². The van der Waals surface area contributed by atoms with Gasteiger partial charge in [0.25, 0.3) is 0 Å². The number of rotatable bonds is 9. The van der Waals surface area contributed by atoms with E-state index in [0.717, 1.165) is 12.8 Å². The third-order valence-electron chi connectivity index (χ3n) is 2.87. The zero-order valence-corrected chi connectivity index (χ0v) is 12.4. The van der Waals surface area contributed by atoms with Crippen molar-refractivity contribution in [2.75, 3.05) is 13.2 Å². The summed E-state index contributed by atoms with van der Waals surface area (Å²) in [7, 11) is 0. The van der Waals surface area contributed by atoms with Gasteiger partial charge in [-0.3, -0.25) is 0 Å². The summed E-state index contributed by atoms with van der Waals surface area (Å²) in [6, 6.07) is 3.70. The lowest BCUT2D eigenvalue weighted by molar-refractivity contribution is -0.0208. The number of aliphatic hydroxyl groups excluding tert-OH is 3. The molecule has 2 atom stereocenters. The molecule has 0 saturated heterocycles. The molecule has 2 unspecified atom stereocenters. The van der Waals surface area contributed by atoms with Crippen LogP contribution in [0.4, 0.5) is 0 Å². The lowest BCUT2D eigenvalue weighted by Gasteiger charge is -2.14. The monoisotopic (exact) mass is 302 g/mol. The highest BCUT2D eigenvalue weighted by Gasteiger charge is 2.15. The molecule has 0 aliphatic rings. The number of hydrogen-bond donors (Lipinski definition) is 3. The Balaban J connectivity index is 2.25. The van der Waals surface area contributed by atoms with Crippen LogP contribution in [0, 0.1) is 0 Å². The molecule has 6 heteroatoms. The summed E-state index contributed by atoms with van der Waals surface area (Å²) in [6.45, 7) is 1.80. The Bertz CT molecular complexity index is 404. The van der Waals surface area contributed by atoms with Crippen LogP contribution in [0.5, 0.6) is 0 Å². The molecular weight excluding hydrogens is 280 g/mol. The molecule has 0 fully saturated rings. The van der Waals surface area contributed by atoms with Gasteiger partial charge in [-0.1, -0.05) is 13.3 Å². The van der Waals surface area contributed by atoms with Crippen molar-refractivity contribution >= 4 is 17.3 Å². The van der Waals surface area contributed by atoms with Gasteiger partial charge in [-0.05, 0) is 31.4 Å². The Morgan fingerprint density at radius 2 is 2.10 bits per heavy atom. The number of ether oxygens (including phenoxy) is 1. The third-order valence-corrected chi connectivity index (χ3v) is 3.99. The number of thiophene rings is 1. The van der Waals surface area contributed by atoms with Crippen molar-refractivity contribution in [3.63, 3.8) is 0 Å². The number of carbonyl (C=O) groups is 1. The van der Waals surface area contributed by atoms with Gasteiger partial charge in [-0.25, -0.2) is 4.79 Å². The highest BCUT2D eigenvalue weighted by Crippen LogP contribution is 2.19. The van der Waals surface area contributed by atoms with Gasteiger partial charge in [-0.15, -0.1) is 11.3 Å². The van der Waals surface area contributed by atoms with Gasteiger partial charge < -0.3 is 20.1 Å². The van der Waals surface area contributed by atoms with Crippen LogP contribution in [-0.2, 0) is 11.2 Å². The van der Waals surface area contributed by atoms with E-state index in [1.165, 1.54) is 16.2 Å². The van der Waals surface area contributed by atoms with E-state index in [4.69, 9.17) is 14.9 Å². The maximum absolute atomic E-state index is 11.7. The average Bonchev–Trinajstić information content (AvgIpc) is 2.91. The fourth-order valence-electron chi connectivity index (χ4n) is 1.71. The van der Waals surface area contributed by atoms with Crippen molar-refractivity contribution in [2.45, 2.75) is 44.8 Å². The maximum atomic E-state index is 11.7. The van der Waals surface area contributed by atoms with E-state index in [0.29, 0.717) is 11.3 Å². The summed E-state index contributed by atoms with van der Waals surface area (Å²) in [4.78, 5) is 13.5. The smallest absolute Gasteiger partial charge is 0.348 e. The first-order valence-corrected chi connectivity index (χ1v) is 7.63. The van der Waals surface area contributed by atoms with E-state index in [1.807, 2.05) is 6.07 Å². The second kappa shape index (κ2) is 9.07. The third kappa shape index (κ3) is 5.58. The summed E-state index contributed by atoms with van der Waals surface area (Å²) in [5, 5.41) is 27.2. The second-order valence-electron chi connectivity index (χ2n) is 4.61. The van der Waals surface area contributed by atoms with Gasteiger partial charge >= 0.3 is 5.97 Å². The van der Waals surface area contributed by atoms with E-state index in [2.05, 4.69) is 6.92 Å². The molecule has 114 valence electrons. The van der Waals surface area contributed by atoms with Crippen LogP contribution in [0.25, 0.3) is 0 Å². The van der Waals surface area contributed by atoms with Gasteiger partial charge in [0.05, 0.1) is 19.3 Å². The van der Waals surface area contributed by atoms with Crippen molar-refractivity contribution in [2.24, 2.45) is 0 Å². The Kier molecular flexibility index (Phi) is 7.76. The molecule has 1 heterocycles. The van der Waals surface area contributed by atoms with Crippen LogP contribution in [-0.4, -0.2) is 46.7 Å². The molecule has 20 heavy (non-hydrogen) atoms. The lowest BCUT2D eigenvalue weighted by Crippen LogP contribution is -2.29. The predicted molar refractivity (Wildman–Crippen MR) is 76.9 cm³/mol. The Labute approximate surface area is 122 Å².